The number of rotatable bonds is 6. The third-order valence-corrected chi connectivity index (χ3v) is 6.67. The molecule has 1 amide bonds. The SMILES string of the molecule is CNC(=O)[C@H]1O[C@@H](n2cnc3c(NCc4cccc(S(=O)(=O)O)c4)ncnc32)[C@@H]2OC(C)(C)O[C@@H]21. The molecule has 0 unspecified atom stereocenters. The molecular weight excluding hydrogens is 480 g/mol. The molecule has 14 heteroatoms. The number of ether oxygens (including phenoxy) is 3. The summed E-state index contributed by atoms with van der Waals surface area (Å²) in [7, 11) is -2.78. The lowest BCUT2D eigenvalue weighted by Gasteiger charge is -2.24. The maximum atomic E-state index is 12.4. The minimum absolute atomic E-state index is 0.200. The van der Waals surface area contributed by atoms with Crippen LogP contribution < -0.4 is 10.6 Å². The number of anilines is 1. The Kier molecular flexibility index (Phi) is 5.72. The molecule has 2 aromatic heterocycles. The van der Waals surface area contributed by atoms with Crippen LogP contribution in [-0.2, 0) is 35.7 Å². The molecule has 13 nitrogen and oxygen atoms in total. The molecule has 0 spiro atoms. The van der Waals surface area contributed by atoms with E-state index in [4.69, 9.17) is 14.2 Å². The second kappa shape index (κ2) is 8.49. The minimum Gasteiger partial charge on any atom is -0.364 e. The summed E-state index contributed by atoms with van der Waals surface area (Å²) in [6.45, 7) is 3.77. The first-order chi connectivity index (χ1) is 16.6. The number of amides is 1. The quantitative estimate of drug-likeness (QED) is 0.407. The average molecular weight is 505 g/mol. The Hall–Kier alpha value is -3.17. The smallest absolute Gasteiger partial charge is 0.294 e. The molecule has 1 aromatic carbocycles. The summed E-state index contributed by atoms with van der Waals surface area (Å²) in [5.74, 6) is -0.803. The molecule has 186 valence electrons. The first-order valence-electron chi connectivity index (χ1n) is 10.8. The first-order valence-corrected chi connectivity index (χ1v) is 12.2. The van der Waals surface area contributed by atoms with Crippen molar-refractivity contribution in [2.45, 2.75) is 55.6 Å². The van der Waals surface area contributed by atoms with Gasteiger partial charge in [0.2, 0.25) is 0 Å². The molecule has 3 N–H and O–H groups in total. The number of carbonyl (C=O) groups is 1. The van der Waals surface area contributed by atoms with Gasteiger partial charge < -0.3 is 24.8 Å². The molecular formula is C21H24N6O7S. The van der Waals surface area contributed by atoms with Crippen molar-refractivity contribution >= 4 is 33.0 Å². The number of nitrogens with zero attached hydrogens (tertiary/aromatic N) is 4. The predicted molar refractivity (Wildman–Crippen MR) is 121 cm³/mol. The number of imidazole rings is 1. The van der Waals surface area contributed by atoms with Crippen LogP contribution in [-0.4, -0.2) is 69.5 Å². The third-order valence-electron chi connectivity index (χ3n) is 5.82. The molecule has 2 aliphatic heterocycles. The summed E-state index contributed by atoms with van der Waals surface area (Å²) >= 11 is 0. The average Bonchev–Trinajstić information content (AvgIpc) is 3.47. The number of likely N-dealkylation sites (N-methyl/N-ethyl adjacent to an activating group) is 1. The van der Waals surface area contributed by atoms with Gasteiger partial charge in [-0.3, -0.25) is 13.9 Å². The lowest BCUT2D eigenvalue weighted by Crippen LogP contribution is -2.41. The van der Waals surface area contributed by atoms with Gasteiger partial charge in [0.15, 0.2) is 35.1 Å². The van der Waals surface area contributed by atoms with Crippen LogP contribution in [0.4, 0.5) is 5.82 Å². The van der Waals surface area contributed by atoms with Crippen LogP contribution in [0.15, 0.2) is 41.8 Å². The molecule has 4 atom stereocenters. The topological polar surface area (TPSA) is 167 Å². The summed E-state index contributed by atoms with van der Waals surface area (Å²) < 4.78 is 51.8. The van der Waals surface area contributed by atoms with Crippen molar-refractivity contribution in [3.63, 3.8) is 0 Å². The second-order valence-corrected chi connectivity index (χ2v) is 10.1. The van der Waals surface area contributed by atoms with Gasteiger partial charge in [-0.25, -0.2) is 15.0 Å². The highest BCUT2D eigenvalue weighted by Gasteiger charge is 2.58. The Balaban J connectivity index is 1.43. The summed E-state index contributed by atoms with van der Waals surface area (Å²) in [5.41, 5.74) is 1.50. The minimum atomic E-state index is -4.31. The maximum absolute atomic E-state index is 12.4. The van der Waals surface area contributed by atoms with Crippen LogP contribution in [0.3, 0.4) is 0 Å². The molecule has 0 radical (unpaired) electrons. The molecule has 2 saturated heterocycles. The van der Waals surface area contributed by atoms with Crippen molar-refractivity contribution in [3.8, 4) is 0 Å². The Morgan fingerprint density at radius 3 is 2.71 bits per heavy atom. The van der Waals surface area contributed by atoms with E-state index >= 15 is 0 Å². The zero-order valence-corrected chi connectivity index (χ0v) is 19.9. The van der Waals surface area contributed by atoms with E-state index in [1.807, 2.05) is 0 Å². The highest BCUT2D eigenvalue weighted by atomic mass is 32.2. The predicted octanol–water partition coefficient (Wildman–Crippen LogP) is 0.849. The highest BCUT2D eigenvalue weighted by Crippen LogP contribution is 2.43. The number of hydrogen-bond acceptors (Lipinski definition) is 10. The van der Waals surface area contributed by atoms with Crippen molar-refractivity contribution in [3.05, 3.63) is 42.5 Å². The van der Waals surface area contributed by atoms with Crippen molar-refractivity contribution in [2.75, 3.05) is 12.4 Å². The van der Waals surface area contributed by atoms with Crippen molar-refractivity contribution in [2.24, 2.45) is 0 Å². The van der Waals surface area contributed by atoms with Gasteiger partial charge in [-0.1, -0.05) is 12.1 Å². The fourth-order valence-electron chi connectivity index (χ4n) is 4.32. The van der Waals surface area contributed by atoms with Crippen molar-refractivity contribution < 1.29 is 32.0 Å². The van der Waals surface area contributed by atoms with Crippen LogP contribution >= 0.6 is 0 Å². The number of benzene rings is 1. The van der Waals surface area contributed by atoms with Gasteiger partial charge in [0.1, 0.15) is 18.5 Å². The Morgan fingerprint density at radius 1 is 1.20 bits per heavy atom. The van der Waals surface area contributed by atoms with Gasteiger partial charge in [0, 0.05) is 13.6 Å². The Labute approximate surface area is 200 Å². The van der Waals surface area contributed by atoms with E-state index in [0.717, 1.165) is 0 Å². The number of hydrogen-bond donors (Lipinski definition) is 3. The largest absolute Gasteiger partial charge is 0.364 e. The van der Waals surface area contributed by atoms with Crippen LogP contribution in [0.1, 0.15) is 25.6 Å². The molecule has 35 heavy (non-hydrogen) atoms. The van der Waals surface area contributed by atoms with E-state index < -0.39 is 40.4 Å². The van der Waals surface area contributed by atoms with Crippen LogP contribution in [0.25, 0.3) is 11.2 Å². The fourth-order valence-corrected chi connectivity index (χ4v) is 4.87. The molecule has 0 aliphatic carbocycles. The number of fused-ring (bicyclic) bond motifs is 2. The zero-order chi connectivity index (χ0) is 25.0. The van der Waals surface area contributed by atoms with E-state index in [1.165, 1.54) is 37.9 Å². The van der Waals surface area contributed by atoms with Crippen LogP contribution in [0, 0.1) is 0 Å². The lowest BCUT2D eigenvalue weighted by molar-refractivity contribution is -0.197. The van der Waals surface area contributed by atoms with Crippen molar-refractivity contribution in [1.82, 2.24) is 24.8 Å². The molecule has 0 bridgehead atoms. The lowest BCUT2D eigenvalue weighted by atomic mass is 10.1. The standard InChI is InChI=1S/C21H24N6O7S/c1-21(2)33-14-15(19(28)22-3)32-20(16(14)34-21)27-10-26-13-17(24-9-25-18(13)27)23-8-11-5-4-6-12(7-11)35(29,30)31/h4-7,9-10,14-16,20H,8H2,1-3H3,(H,22,28)(H,23,24,25)(H,29,30,31)/t14-,15+,16-,20-/m1/s1. The van der Waals surface area contributed by atoms with Crippen molar-refractivity contribution in [1.29, 1.82) is 0 Å². The zero-order valence-electron chi connectivity index (χ0n) is 19.1. The summed E-state index contributed by atoms with van der Waals surface area (Å²) in [6.07, 6.45) is 0.121. The van der Waals surface area contributed by atoms with E-state index in [0.29, 0.717) is 22.5 Å². The van der Waals surface area contributed by atoms with E-state index in [-0.39, 0.29) is 17.3 Å². The molecule has 5 rings (SSSR count). The fraction of sp³-hybridized carbons (Fsp3) is 0.429. The number of carbonyl (C=O) groups excluding carboxylic acids is 1. The van der Waals surface area contributed by atoms with Gasteiger partial charge in [0.05, 0.1) is 11.2 Å². The third kappa shape index (κ3) is 4.34. The normalized spacial score (nSPS) is 25.5. The summed E-state index contributed by atoms with van der Waals surface area (Å²) in [4.78, 5) is 25.3. The molecule has 2 fully saturated rings. The van der Waals surface area contributed by atoms with Gasteiger partial charge >= 0.3 is 0 Å². The molecule has 0 saturated carbocycles. The maximum Gasteiger partial charge on any atom is 0.294 e. The number of nitrogens with one attached hydrogen (secondary N) is 2. The second-order valence-electron chi connectivity index (χ2n) is 8.65. The first kappa shape index (κ1) is 23.6. The number of aromatic nitrogens is 4. The summed E-state index contributed by atoms with van der Waals surface area (Å²) in [6, 6.07) is 5.92. The Bertz CT molecular complexity index is 1390. The van der Waals surface area contributed by atoms with E-state index in [1.54, 1.807) is 24.5 Å². The van der Waals surface area contributed by atoms with Gasteiger partial charge in [-0.05, 0) is 31.5 Å². The Morgan fingerprint density at radius 2 is 1.97 bits per heavy atom. The van der Waals surface area contributed by atoms with E-state index in [9.17, 15) is 17.8 Å². The molecule has 4 heterocycles. The highest BCUT2D eigenvalue weighted by molar-refractivity contribution is 7.85. The monoisotopic (exact) mass is 504 g/mol. The van der Waals surface area contributed by atoms with Crippen LogP contribution in [0.2, 0.25) is 0 Å². The molecule has 2 aliphatic rings. The van der Waals surface area contributed by atoms with Gasteiger partial charge in [-0.15, -0.1) is 0 Å². The summed E-state index contributed by atoms with van der Waals surface area (Å²) in [5, 5.41) is 5.71. The molecule has 3 aromatic rings. The van der Waals surface area contributed by atoms with Gasteiger partial charge in [0.25, 0.3) is 16.0 Å². The van der Waals surface area contributed by atoms with Gasteiger partial charge in [-0.2, -0.15) is 8.42 Å². The van der Waals surface area contributed by atoms with E-state index in [2.05, 4.69) is 25.6 Å². The van der Waals surface area contributed by atoms with Crippen LogP contribution in [0.5, 0.6) is 0 Å².